The van der Waals surface area contributed by atoms with E-state index in [9.17, 15) is 9.18 Å². The number of anilines is 1. The zero-order valence-electron chi connectivity index (χ0n) is 17.4. The predicted molar refractivity (Wildman–Crippen MR) is 116 cm³/mol. The molecule has 3 heterocycles. The second-order valence-electron chi connectivity index (χ2n) is 7.69. The number of ether oxygens (including phenoxy) is 1. The fourth-order valence-electron chi connectivity index (χ4n) is 3.94. The summed E-state index contributed by atoms with van der Waals surface area (Å²) in [4.78, 5) is 24.3. The van der Waals surface area contributed by atoms with E-state index < -0.39 is 5.82 Å². The van der Waals surface area contributed by atoms with Gasteiger partial charge in [-0.15, -0.1) is 0 Å². The summed E-state index contributed by atoms with van der Waals surface area (Å²) in [5.41, 5.74) is 1.24. The Morgan fingerprint density at radius 3 is 2.87 bits per heavy atom. The van der Waals surface area contributed by atoms with Gasteiger partial charge in [0.2, 0.25) is 5.91 Å². The Hall–Kier alpha value is -3.26. The number of aliphatic hydroxyl groups is 1. The Balaban J connectivity index is 1.46. The van der Waals surface area contributed by atoms with Crippen LogP contribution in [0.4, 0.5) is 10.1 Å². The van der Waals surface area contributed by atoms with Crippen LogP contribution in [0.5, 0.6) is 11.5 Å². The van der Waals surface area contributed by atoms with E-state index in [1.54, 1.807) is 18.0 Å². The van der Waals surface area contributed by atoms with Gasteiger partial charge in [-0.2, -0.15) is 0 Å². The van der Waals surface area contributed by atoms with E-state index >= 15 is 0 Å². The van der Waals surface area contributed by atoms with Crippen molar-refractivity contribution in [3.63, 3.8) is 0 Å². The molecule has 4 rings (SSSR count). The molecule has 7 nitrogen and oxygen atoms in total. The van der Waals surface area contributed by atoms with Crippen molar-refractivity contribution < 1.29 is 19.0 Å². The van der Waals surface area contributed by atoms with E-state index in [0.29, 0.717) is 30.0 Å². The standard InChI is InChI=1S/C23H25FN4O3/c1-27(11-12-29)23(30)16-3-2-10-28(15-16)17-4-6-18(7-5-17)31-21-8-9-26-22-19(21)13-25-14-20(22)24/h4-9,13-14,16,29H,2-3,10-12,15H2,1H3/t16-/m1/s1. The van der Waals surface area contributed by atoms with Crippen molar-refractivity contribution in [1.29, 1.82) is 0 Å². The van der Waals surface area contributed by atoms with Gasteiger partial charge in [0.15, 0.2) is 5.82 Å². The van der Waals surface area contributed by atoms with Gasteiger partial charge >= 0.3 is 0 Å². The average molecular weight is 424 g/mol. The molecule has 0 aliphatic carbocycles. The van der Waals surface area contributed by atoms with E-state index in [1.165, 1.54) is 12.4 Å². The zero-order chi connectivity index (χ0) is 21.8. The van der Waals surface area contributed by atoms with E-state index in [2.05, 4.69) is 14.9 Å². The van der Waals surface area contributed by atoms with Crippen LogP contribution >= 0.6 is 0 Å². The fraction of sp³-hybridized carbons (Fsp3) is 0.348. The number of nitrogens with zero attached hydrogens (tertiary/aromatic N) is 4. The number of hydrogen-bond donors (Lipinski definition) is 1. The van der Waals surface area contributed by atoms with E-state index in [4.69, 9.17) is 9.84 Å². The van der Waals surface area contributed by atoms with Gasteiger partial charge < -0.3 is 19.6 Å². The number of rotatable bonds is 6. The maximum atomic E-state index is 13.9. The Bertz CT molecular complexity index is 1060. The molecule has 1 amide bonds. The van der Waals surface area contributed by atoms with E-state index in [0.717, 1.165) is 31.3 Å². The Kier molecular flexibility index (Phi) is 6.27. The largest absolute Gasteiger partial charge is 0.457 e. The van der Waals surface area contributed by atoms with E-state index in [1.807, 2.05) is 24.3 Å². The second kappa shape index (κ2) is 9.26. The van der Waals surface area contributed by atoms with Crippen molar-refractivity contribution in [2.45, 2.75) is 12.8 Å². The molecule has 0 radical (unpaired) electrons. The molecule has 1 aliphatic rings. The molecule has 0 saturated carbocycles. The highest BCUT2D eigenvalue weighted by Gasteiger charge is 2.28. The SMILES string of the molecule is CN(CCO)C(=O)[C@@H]1CCCN(c2ccc(Oc3ccnc4c(F)cncc34)cc2)C1. The average Bonchev–Trinajstić information content (AvgIpc) is 2.80. The minimum absolute atomic E-state index is 0.0321. The quantitative estimate of drug-likeness (QED) is 0.655. The lowest BCUT2D eigenvalue weighted by Gasteiger charge is -2.35. The molecule has 1 aliphatic heterocycles. The van der Waals surface area contributed by atoms with Crippen molar-refractivity contribution in [2.75, 3.05) is 38.2 Å². The van der Waals surface area contributed by atoms with Crippen LogP contribution in [0.25, 0.3) is 10.9 Å². The Labute approximate surface area is 180 Å². The van der Waals surface area contributed by atoms with Gasteiger partial charge in [0.25, 0.3) is 0 Å². The molecule has 1 fully saturated rings. The number of fused-ring (bicyclic) bond motifs is 1. The van der Waals surface area contributed by atoms with Gasteiger partial charge in [-0.25, -0.2) is 4.39 Å². The highest BCUT2D eigenvalue weighted by atomic mass is 19.1. The van der Waals surface area contributed by atoms with Gasteiger partial charge in [-0.1, -0.05) is 0 Å². The van der Waals surface area contributed by atoms with Gasteiger partial charge in [-0.3, -0.25) is 14.8 Å². The number of aliphatic hydroxyl groups excluding tert-OH is 1. The summed E-state index contributed by atoms with van der Waals surface area (Å²) in [7, 11) is 1.73. The number of pyridine rings is 2. The third-order valence-electron chi connectivity index (χ3n) is 5.58. The van der Waals surface area contributed by atoms with Crippen LogP contribution in [0, 0.1) is 11.7 Å². The topological polar surface area (TPSA) is 78.8 Å². The first-order chi connectivity index (χ1) is 15.1. The molecule has 0 unspecified atom stereocenters. The third-order valence-corrected chi connectivity index (χ3v) is 5.58. The molecular formula is C23H25FN4O3. The number of likely N-dealkylation sites (N-methyl/N-ethyl adjacent to an activating group) is 1. The van der Waals surface area contributed by atoms with Crippen molar-refractivity contribution in [3.8, 4) is 11.5 Å². The number of halogens is 1. The number of amides is 1. The van der Waals surface area contributed by atoms with Crippen LogP contribution in [-0.4, -0.2) is 59.2 Å². The number of piperidine rings is 1. The van der Waals surface area contributed by atoms with Gasteiger partial charge in [0, 0.05) is 44.8 Å². The first-order valence-electron chi connectivity index (χ1n) is 10.3. The summed E-state index contributed by atoms with van der Waals surface area (Å²) < 4.78 is 19.9. The van der Waals surface area contributed by atoms with Crippen LogP contribution in [0.2, 0.25) is 0 Å². The van der Waals surface area contributed by atoms with Gasteiger partial charge in [0.1, 0.15) is 17.0 Å². The van der Waals surface area contributed by atoms with Crippen LogP contribution in [0.1, 0.15) is 12.8 Å². The van der Waals surface area contributed by atoms with Crippen LogP contribution in [0.3, 0.4) is 0 Å². The molecular weight excluding hydrogens is 399 g/mol. The number of carbonyl (C=O) groups excluding carboxylic acids is 1. The lowest BCUT2D eigenvalue weighted by molar-refractivity contribution is -0.134. The summed E-state index contributed by atoms with van der Waals surface area (Å²) in [6.07, 6.45) is 5.96. The minimum atomic E-state index is -0.489. The number of carbonyl (C=O) groups is 1. The highest BCUT2D eigenvalue weighted by molar-refractivity contribution is 5.84. The maximum Gasteiger partial charge on any atom is 0.227 e. The molecule has 1 aromatic carbocycles. The smallest absolute Gasteiger partial charge is 0.227 e. The molecule has 3 aromatic rings. The minimum Gasteiger partial charge on any atom is -0.457 e. The monoisotopic (exact) mass is 424 g/mol. The first kappa shape index (κ1) is 21.0. The molecule has 162 valence electrons. The van der Waals surface area contributed by atoms with Gasteiger partial charge in [0.05, 0.1) is 24.1 Å². The predicted octanol–water partition coefficient (Wildman–Crippen LogP) is 3.23. The summed E-state index contributed by atoms with van der Waals surface area (Å²) >= 11 is 0. The maximum absolute atomic E-state index is 13.9. The van der Waals surface area contributed by atoms with Crippen molar-refractivity contribution in [3.05, 3.63) is 54.7 Å². The fourth-order valence-corrected chi connectivity index (χ4v) is 3.94. The lowest BCUT2D eigenvalue weighted by Crippen LogP contribution is -2.44. The third kappa shape index (κ3) is 4.59. The second-order valence-corrected chi connectivity index (χ2v) is 7.69. The molecule has 1 N–H and O–H groups in total. The molecule has 31 heavy (non-hydrogen) atoms. The summed E-state index contributed by atoms with van der Waals surface area (Å²) in [5, 5.41) is 9.59. The van der Waals surface area contributed by atoms with Gasteiger partial charge in [-0.05, 0) is 43.2 Å². The summed E-state index contributed by atoms with van der Waals surface area (Å²) in [6.45, 7) is 1.85. The zero-order valence-corrected chi connectivity index (χ0v) is 17.4. The molecule has 2 aromatic heterocycles. The van der Waals surface area contributed by atoms with Crippen molar-refractivity contribution >= 4 is 22.5 Å². The highest BCUT2D eigenvalue weighted by Crippen LogP contribution is 2.31. The van der Waals surface area contributed by atoms with Crippen LogP contribution < -0.4 is 9.64 Å². The van der Waals surface area contributed by atoms with Crippen LogP contribution in [-0.2, 0) is 4.79 Å². The summed E-state index contributed by atoms with van der Waals surface area (Å²) in [6, 6.07) is 9.32. The summed E-state index contributed by atoms with van der Waals surface area (Å²) in [5.74, 6) is 0.612. The molecule has 1 atom stereocenters. The van der Waals surface area contributed by atoms with Crippen molar-refractivity contribution in [2.24, 2.45) is 5.92 Å². The molecule has 8 heteroatoms. The number of benzene rings is 1. The molecule has 0 spiro atoms. The van der Waals surface area contributed by atoms with Crippen LogP contribution in [0.15, 0.2) is 48.9 Å². The first-order valence-corrected chi connectivity index (χ1v) is 10.3. The number of hydrogen-bond acceptors (Lipinski definition) is 6. The number of aromatic nitrogens is 2. The Morgan fingerprint density at radius 1 is 1.29 bits per heavy atom. The van der Waals surface area contributed by atoms with E-state index in [-0.39, 0.29) is 23.9 Å². The molecule has 0 bridgehead atoms. The normalized spacial score (nSPS) is 16.4. The Morgan fingerprint density at radius 2 is 2.10 bits per heavy atom. The van der Waals surface area contributed by atoms with Crippen molar-refractivity contribution in [1.82, 2.24) is 14.9 Å². The molecule has 1 saturated heterocycles. The lowest BCUT2D eigenvalue weighted by atomic mass is 9.96.